The fraction of sp³-hybridized carbons (Fsp3) is 0.133. The first-order valence-electron chi connectivity index (χ1n) is 6.14. The lowest BCUT2D eigenvalue weighted by molar-refractivity contribution is -0.115. The number of carbonyl (C=O) groups is 1. The van der Waals surface area contributed by atoms with E-state index in [9.17, 15) is 9.90 Å². The molecule has 0 saturated carbocycles. The fourth-order valence-corrected chi connectivity index (χ4v) is 3.58. The van der Waals surface area contributed by atoms with E-state index in [1.165, 1.54) is 6.07 Å². The molecule has 0 aromatic heterocycles. The van der Waals surface area contributed by atoms with Crippen molar-refractivity contribution in [3.63, 3.8) is 0 Å². The van der Waals surface area contributed by atoms with Gasteiger partial charge in [0.25, 0.3) is 0 Å². The minimum Gasteiger partial charge on any atom is -0.506 e. The third-order valence-electron chi connectivity index (χ3n) is 3.15. The Morgan fingerprint density at radius 1 is 1.20 bits per heavy atom. The highest BCUT2D eigenvalue weighted by Crippen LogP contribution is 2.44. The molecule has 1 unspecified atom stereocenters. The number of anilines is 1. The summed E-state index contributed by atoms with van der Waals surface area (Å²) in [5.74, 6) is 0.414. The zero-order valence-corrected chi connectivity index (χ0v) is 12.1. The van der Waals surface area contributed by atoms with E-state index in [-0.39, 0.29) is 17.0 Å². The van der Waals surface area contributed by atoms with Crippen molar-refractivity contribution in [2.75, 3.05) is 10.7 Å². The average molecular weight is 306 g/mol. The summed E-state index contributed by atoms with van der Waals surface area (Å²) in [6.45, 7) is 0. The third kappa shape index (κ3) is 2.37. The molecule has 0 bridgehead atoms. The first-order chi connectivity index (χ1) is 9.66. The van der Waals surface area contributed by atoms with Crippen LogP contribution in [0.3, 0.4) is 0 Å². The summed E-state index contributed by atoms with van der Waals surface area (Å²) >= 11 is 7.40. The maximum Gasteiger partial charge on any atom is 0.238 e. The maximum absolute atomic E-state index is 12.2. The SMILES string of the molecule is O=C1CSC(c2ccccc2)N1c1ccc(Cl)cc1O. The highest BCUT2D eigenvalue weighted by molar-refractivity contribution is 8.00. The number of carbonyl (C=O) groups excluding carboxylic acids is 1. The van der Waals surface area contributed by atoms with Gasteiger partial charge < -0.3 is 5.11 Å². The number of nitrogens with zero attached hydrogens (tertiary/aromatic N) is 1. The van der Waals surface area contributed by atoms with Crippen molar-refractivity contribution in [2.45, 2.75) is 5.37 Å². The number of amides is 1. The second kappa shape index (κ2) is 5.38. The van der Waals surface area contributed by atoms with Crippen LogP contribution >= 0.6 is 23.4 Å². The number of halogens is 1. The van der Waals surface area contributed by atoms with Gasteiger partial charge in [-0.1, -0.05) is 41.9 Å². The lowest BCUT2D eigenvalue weighted by Crippen LogP contribution is -2.27. The number of phenolic OH excluding ortho intramolecular Hbond substituents is 1. The number of benzene rings is 2. The molecule has 3 nitrogen and oxygen atoms in total. The zero-order chi connectivity index (χ0) is 14.1. The molecule has 1 amide bonds. The second-order valence-corrected chi connectivity index (χ2v) is 5.98. The average Bonchev–Trinajstić information content (AvgIpc) is 2.82. The van der Waals surface area contributed by atoms with E-state index in [0.717, 1.165) is 5.56 Å². The minimum absolute atomic E-state index is 0.0125. The molecule has 1 saturated heterocycles. The molecule has 0 aliphatic carbocycles. The first kappa shape index (κ1) is 13.3. The number of aromatic hydroxyl groups is 1. The summed E-state index contributed by atoms with van der Waals surface area (Å²) < 4.78 is 0. The fourth-order valence-electron chi connectivity index (χ4n) is 2.25. The Kier molecular flexibility index (Phi) is 3.59. The molecule has 102 valence electrons. The minimum atomic E-state index is -0.115. The van der Waals surface area contributed by atoms with Crippen molar-refractivity contribution < 1.29 is 9.90 Å². The van der Waals surface area contributed by atoms with Crippen molar-refractivity contribution in [3.05, 3.63) is 59.1 Å². The van der Waals surface area contributed by atoms with Crippen molar-refractivity contribution in [2.24, 2.45) is 0 Å². The molecule has 0 spiro atoms. The van der Waals surface area contributed by atoms with Crippen LogP contribution in [0.5, 0.6) is 5.75 Å². The van der Waals surface area contributed by atoms with Crippen LogP contribution in [0.1, 0.15) is 10.9 Å². The highest BCUT2D eigenvalue weighted by Gasteiger charge is 2.35. The van der Waals surface area contributed by atoms with Crippen molar-refractivity contribution >= 4 is 35.0 Å². The molecule has 2 aromatic carbocycles. The smallest absolute Gasteiger partial charge is 0.238 e. The number of hydrogen-bond donors (Lipinski definition) is 1. The van der Waals surface area contributed by atoms with Crippen LogP contribution in [0.4, 0.5) is 5.69 Å². The van der Waals surface area contributed by atoms with E-state index in [2.05, 4.69) is 0 Å². The summed E-state index contributed by atoms with van der Waals surface area (Å²) in [6, 6.07) is 14.6. The number of hydrogen-bond acceptors (Lipinski definition) is 3. The molecule has 1 fully saturated rings. The van der Waals surface area contributed by atoms with E-state index >= 15 is 0 Å². The normalized spacial score (nSPS) is 18.6. The first-order valence-corrected chi connectivity index (χ1v) is 7.56. The number of phenols is 1. The molecule has 1 aliphatic heterocycles. The van der Waals surface area contributed by atoms with Gasteiger partial charge in [0, 0.05) is 11.1 Å². The highest BCUT2D eigenvalue weighted by atomic mass is 35.5. The molecular weight excluding hydrogens is 294 g/mol. The van der Waals surface area contributed by atoms with Crippen molar-refractivity contribution in [1.82, 2.24) is 0 Å². The molecule has 0 radical (unpaired) electrons. The van der Waals surface area contributed by atoms with Crippen molar-refractivity contribution in [3.8, 4) is 5.75 Å². The van der Waals surface area contributed by atoms with Crippen molar-refractivity contribution in [1.29, 1.82) is 0 Å². The monoisotopic (exact) mass is 305 g/mol. The summed E-state index contributed by atoms with van der Waals surface area (Å²) in [7, 11) is 0. The Hall–Kier alpha value is -1.65. The second-order valence-electron chi connectivity index (χ2n) is 4.47. The van der Waals surface area contributed by atoms with Gasteiger partial charge in [-0.05, 0) is 17.7 Å². The van der Waals surface area contributed by atoms with Gasteiger partial charge in [0.1, 0.15) is 11.1 Å². The van der Waals surface area contributed by atoms with Gasteiger partial charge in [-0.15, -0.1) is 11.8 Å². The van der Waals surface area contributed by atoms with Crippen LogP contribution in [-0.2, 0) is 4.79 Å². The molecular formula is C15H12ClNO2S. The zero-order valence-electron chi connectivity index (χ0n) is 10.5. The van der Waals surface area contributed by atoms with Gasteiger partial charge in [0.15, 0.2) is 0 Å². The topological polar surface area (TPSA) is 40.5 Å². The Bertz CT molecular complexity index is 648. The van der Waals surface area contributed by atoms with Crippen LogP contribution in [0.2, 0.25) is 5.02 Å². The maximum atomic E-state index is 12.2. The Labute approximate surface area is 126 Å². The molecule has 1 aliphatic rings. The Morgan fingerprint density at radius 3 is 2.65 bits per heavy atom. The van der Waals surface area contributed by atoms with Gasteiger partial charge in [-0.2, -0.15) is 0 Å². The largest absolute Gasteiger partial charge is 0.506 e. The molecule has 5 heteroatoms. The predicted molar refractivity (Wildman–Crippen MR) is 82.2 cm³/mol. The molecule has 2 aromatic rings. The number of thioether (sulfide) groups is 1. The molecule has 20 heavy (non-hydrogen) atoms. The molecule has 1 atom stereocenters. The molecule has 1 heterocycles. The van der Waals surface area contributed by atoms with Crippen LogP contribution in [0, 0.1) is 0 Å². The van der Waals surface area contributed by atoms with Gasteiger partial charge in [0.05, 0.1) is 11.4 Å². The lowest BCUT2D eigenvalue weighted by atomic mass is 10.2. The summed E-state index contributed by atoms with van der Waals surface area (Å²) in [4.78, 5) is 13.8. The quantitative estimate of drug-likeness (QED) is 0.917. The van der Waals surface area contributed by atoms with Gasteiger partial charge >= 0.3 is 0 Å². The third-order valence-corrected chi connectivity index (χ3v) is 4.60. The standard InChI is InChI=1S/C15H12ClNO2S/c16-11-6-7-12(13(18)8-11)17-14(19)9-20-15(17)10-4-2-1-3-5-10/h1-8,15,18H,9H2. The van der Waals surface area contributed by atoms with Crippen LogP contribution in [0.15, 0.2) is 48.5 Å². The van der Waals surface area contributed by atoms with E-state index < -0.39 is 0 Å². The van der Waals surface area contributed by atoms with E-state index in [4.69, 9.17) is 11.6 Å². The summed E-state index contributed by atoms with van der Waals surface area (Å²) in [5.41, 5.74) is 1.54. The van der Waals surface area contributed by atoms with E-state index in [0.29, 0.717) is 16.5 Å². The van der Waals surface area contributed by atoms with Crippen LogP contribution < -0.4 is 4.90 Å². The van der Waals surface area contributed by atoms with Gasteiger partial charge in [-0.3, -0.25) is 9.69 Å². The summed E-state index contributed by atoms with van der Waals surface area (Å²) in [5, 5.41) is 10.4. The predicted octanol–water partition coefficient (Wildman–Crippen LogP) is 3.82. The number of rotatable bonds is 2. The Morgan fingerprint density at radius 2 is 1.95 bits per heavy atom. The Balaban J connectivity index is 2.03. The van der Waals surface area contributed by atoms with Crippen LogP contribution in [0.25, 0.3) is 0 Å². The summed E-state index contributed by atoms with van der Waals surface area (Å²) in [6.07, 6.45) is 0. The van der Waals surface area contributed by atoms with Gasteiger partial charge in [0.2, 0.25) is 5.91 Å². The van der Waals surface area contributed by atoms with E-state index in [1.54, 1.807) is 28.8 Å². The lowest BCUT2D eigenvalue weighted by Gasteiger charge is -2.25. The van der Waals surface area contributed by atoms with E-state index in [1.807, 2.05) is 30.3 Å². The molecule has 1 N–H and O–H groups in total. The van der Waals surface area contributed by atoms with Gasteiger partial charge in [-0.25, -0.2) is 0 Å². The van der Waals surface area contributed by atoms with Crippen LogP contribution in [-0.4, -0.2) is 16.8 Å². The molecule has 3 rings (SSSR count).